The van der Waals surface area contributed by atoms with Crippen LogP contribution < -0.4 is 10.1 Å². The molecule has 0 unspecified atom stereocenters. The second-order valence-electron chi connectivity index (χ2n) is 5.35. The number of aromatic nitrogens is 1. The summed E-state index contributed by atoms with van der Waals surface area (Å²) in [6, 6.07) is 9.57. The van der Waals surface area contributed by atoms with Gasteiger partial charge in [0.15, 0.2) is 0 Å². The molecule has 0 atom stereocenters. The minimum absolute atomic E-state index is 0.0720. The summed E-state index contributed by atoms with van der Waals surface area (Å²) in [5.74, 6) is -0.761. The van der Waals surface area contributed by atoms with E-state index in [0.29, 0.717) is 27.0 Å². The average Bonchev–Trinajstić information content (AvgIpc) is 2.98. The van der Waals surface area contributed by atoms with Crippen molar-refractivity contribution in [3.63, 3.8) is 0 Å². The van der Waals surface area contributed by atoms with Crippen molar-refractivity contribution in [3.05, 3.63) is 74.7 Å². The molecule has 1 heterocycles. The van der Waals surface area contributed by atoms with Gasteiger partial charge in [-0.1, -0.05) is 11.6 Å². The maximum absolute atomic E-state index is 13.2. The number of hydrogen-bond acceptors (Lipinski definition) is 4. The summed E-state index contributed by atoms with van der Waals surface area (Å²) < 4.78 is 31.6. The van der Waals surface area contributed by atoms with Crippen molar-refractivity contribution in [2.75, 3.05) is 5.32 Å². The van der Waals surface area contributed by atoms with E-state index < -0.39 is 5.82 Å². The molecule has 0 saturated carbocycles. The molecule has 0 fully saturated rings. The van der Waals surface area contributed by atoms with E-state index in [2.05, 4.69) is 10.3 Å². The van der Waals surface area contributed by atoms with Crippen molar-refractivity contribution in [3.8, 4) is 5.75 Å². The van der Waals surface area contributed by atoms with Crippen LogP contribution in [0.15, 0.2) is 42.5 Å². The van der Waals surface area contributed by atoms with Crippen molar-refractivity contribution in [2.45, 2.75) is 13.5 Å². The molecule has 4 nitrogen and oxygen atoms in total. The van der Waals surface area contributed by atoms with E-state index in [9.17, 15) is 13.6 Å². The molecule has 1 N–H and O–H groups in total. The molecule has 8 heteroatoms. The highest BCUT2D eigenvalue weighted by Gasteiger charge is 2.16. The van der Waals surface area contributed by atoms with Crippen LogP contribution in [0.5, 0.6) is 5.75 Å². The van der Waals surface area contributed by atoms with E-state index in [1.807, 2.05) is 0 Å². The predicted molar refractivity (Wildman–Crippen MR) is 96.9 cm³/mol. The van der Waals surface area contributed by atoms with Crippen LogP contribution in [0, 0.1) is 18.6 Å². The number of amides is 1. The molecule has 0 bridgehead atoms. The first-order valence-corrected chi connectivity index (χ1v) is 8.73. The van der Waals surface area contributed by atoms with Gasteiger partial charge in [0.25, 0.3) is 5.91 Å². The van der Waals surface area contributed by atoms with E-state index >= 15 is 0 Å². The van der Waals surface area contributed by atoms with Gasteiger partial charge >= 0.3 is 0 Å². The number of benzene rings is 2. The summed E-state index contributed by atoms with van der Waals surface area (Å²) >= 11 is 6.90. The highest BCUT2D eigenvalue weighted by Crippen LogP contribution is 2.24. The summed E-state index contributed by atoms with van der Waals surface area (Å²) in [7, 11) is 0. The fourth-order valence-corrected chi connectivity index (χ4v) is 3.22. The van der Waals surface area contributed by atoms with Crippen LogP contribution in [0.2, 0.25) is 5.02 Å². The number of thiazole rings is 1. The minimum atomic E-state index is -0.557. The second-order valence-corrected chi connectivity index (χ2v) is 6.84. The Morgan fingerprint density at radius 2 is 1.96 bits per heavy atom. The van der Waals surface area contributed by atoms with Gasteiger partial charge in [-0.05, 0) is 49.4 Å². The molecular formula is C18H13ClF2N2O2S. The molecule has 1 aromatic heterocycles. The fourth-order valence-electron chi connectivity index (χ4n) is 2.16. The zero-order chi connectivity index (χ0) is 18.7. The highest BCUT2D eigenvalue weighted by molar-refractivity contribution is 7.13. The molecular weight excluding hydrogens is 382 g/mol. The molecule has 0 aliphatic rings. The first-order chi connectivity index (χ1) is 12.4. The Hall–Kier alpha value is -2.51. The lowest BCUT2D eigenvalue weighted by Gasteiger charge is -2.05. The number of carbonyl (C=O) groups excluding carboxylic acids is 1. The van der Waals surface area contributed by atoms with Crippen LogP contribution in [-0.2, 0) is 6.61 Å². The van der Waals surface area contributed by atoms with Gasteiger partial charge in [0.2, 0.25) is 0 Å². The largest absolute Gasteiger partial charge is 0.486 e. The van der Waals surface area contributed by atoms with Crippen LogP contribution in [0.4, 0.5) is 14.5 Å². The van der Waals surface area contributed by atoms with Crippen molar-refractivity contribution in [1.29, 1.82) is 0 Å². The van der Waals surface area contributed by atoms with Crippen LogP contribution in [0.3, 0.4) is 0 Å². The van der Waals surface area contributed by atoms with E-state index in [0.717, 1.165) is 0 Å². The van der Waals surface area contributed by atoms with E-state index in [-0.39, 0.29) is 23.4 Å². The van der Waals surface area contributed by atoms with Crippen molar-refractivity contribution >= 4 is 34.5 Å². The first-order valence-electron chi connectivity index (χ1n) is 7.53. The monoisotopic (exact) mass is 394 g/mol. The predicted octanol–water partition coefficient (Wildman–Crippen LogP) is 5.21. The summed E-state index contributed by atoms with van der Waals surface area (Å²) in [5.41, 5.74) is 0.941. The maximum atomic E-state index is 13.2. The first kappa shape index (κ1) is 18.3. The zero-order valence-corrected chi connectivity index (χ0v) is 15.1. The topological polar surface area (TPSA) is 51.2 Å². The summed E-state index contributed by atoms with van der Waals surface area (Å²) in [6.07, 6.45) is 0. The maximum Gasteiger partial charge on any atom is 0.267 e. The number of nitrogens with one attached hydrogen (secondary N) is 1. The molecule has 0 aliphatic carbocycles. The molecule has 0 radical (unpaired) electrons. The number of rotatable bonds is 5. The molecule has 1 amide bonds. The van der Waals surface area contributed by atoms with Crippen LogP contribution >= 0.6 is 22.9 Å². The van der Waals surface area contributed by atoms with Gasteiger partial charge in [0, 0.05) is 5.69 Å². The quantitative estimate of drug-likeness (QED) is 0.646. The Kier molecular flexibility index (Phi) is 5.49. The summed E-state index contributed by atoms with van der Waals surface area (Å²) in [6.45, 7) is 1.87. The third kappa shape index (κ3) is 4.36. The van der Waals surface area contributed by atoms with Gasteiger partial charge in [0.1, 0.15) is 33.9 Å². The van der Waals surface area contributed by atoms with Crippen LogP contribution in [0.25, 0.3) is 0 Å². The van der Waals surface area contributed by atoms with Gasteiger partial charge in [-0.15, -0.1) is 11.3 Å². The van der Waals surface area contributed by atoms with Gasteiger partial charge in [-0.2, -0.15) is 0 Å². The highest BCUT2D eigenvalue weighted by atomic mass is 35.5. The molecule has 26 heavy (non-hydrogen) atoms. The third-order valence-corrected chi connectivity index (χ3v) is 4.82. The van der Waals surface area contributed by atoms with Gasteiger partial charge in [-0.25, -0.2) is 13.8 Å². The second kappa shape index (κ2) is 7.80. The number of carbonyl (C=O) groups is 1. The number of aryl methyl sites for hydroxylation is 1. The lowest BCUT2D eigenvalue weighted by Crippen LogP contribution is -2.11. The lowest BCUT2D eigenvalue weighted by atomic mass is 10.3. The van der Waals surface area contributed by atoms with E-state index in [1.54, 1.807) is 6.92 Å². The molecule has 2 aromatic carbocycles. The van der Waals surface area contributed by atoms with Gasteiger partial charge in [-0.3, -0.25) is 4.79 Å². The Labute approximate surface area is 157 Å². The Bertz CT molecular complexity index is 945. The number of hydrogen-bond donors (Lipinski definition) is 1. The molecule has 3 aromatic rings. The number of ether oxygens (including phenoxy) is 1. The number of anilines is 1. The molecule has 134 valence electrons. The number of halogens is 3. The minimum Gasteiger partial charge on any atom is -0.486 e. The third-order valence-electron chi connectivity index (χ3n) is 3.40. The summed E-state index contributed by atoms with van der Waals surface area (Å²) in [4.78, 5) is 17.1. The fraction of sp³-hybridized carbons (Fsp3) is 0.111. The van der Waals surface area contributed by atoms with Crippen molar-refractivity contribution in [1.82, 2.24) is 4.98 Å². The Morgan fingerprint density at radius 3 is 2.65 bits per heavy atom. The Morgan fingerprint density at radius 1 is 1.23 bits per heavy atom. The summed E-state index contributed by atoms with van der Waals surface area (Å²) in [5, 5.41) is 3.19. The van der Waals surface area contributed by atoms with Crippen LogP contribution in [0.1, 0.15) is 20.4 Å². The molecule has 0 spiro atoms. The van der Waals surface area contributed by atoms with Gasteiger partial charge < -0.3 is 10.1 Å². The van der Waals surface area contributed by atoms with Crippen molar-refractivity contribution in [2.24, 2.45) is 0 Å². The van der Waals surface area contributed by atoms with Crippen LogP contribution in [-0.4, -0.2) is 10.9 Å². The molecule has 3 rings (SSSR count). The lowest BCUT2D eigenvalue weighted by molar-refractivity contribution is 0.103. The SMILES string of the molecule is Cc1nc(COc2ccc(F)cc2)sc1C(=O)Nc1ccc(F)c(Cl)c1. The van der Waals surface area contributed by atoms with Crippen molar-refractivity contribution < 1.29 is 18.3 Å². The Balaban J connectivity index is 1.67. The zero-order valence-electron chi connectivity index (χ0n) is 13.6. The van der Waals surface area contributed by atoms with E-state index in [1.165, 1.54) is 53.8 Å². The molecule has 0 aliphatic heterocycles. The normalized spacial score (nSPS) is 10.6. The van der Waals surface area contributed by atoms with Gasteiger partial charge in [0.05, 0.1) is 10.7 Å². The number of nitrogens with zero attached hydrogens (tertiary/aromatic N) is 1. The molecule has 0 saturated heterocycles. The van der Waals surface area contributed by atoms with E-state index in [4.69, 9.17) is 16.3 Å². The average molecular weight is 395 g/mol. The standard InChI is InChI=1S/C18H13ClF2N2O2S/c1-10-17(18(24)23-12-4-7-15(21)14(19)8-12)26-16(22-10)9-25-13-5-2-11(20)3-6-13/h2-8H,9H2,1H3,(H,23,24). The smallest absolute Gasteiger partial charge is 0.267 e.